The van der Waals surface area contributed by atoms with Gasteiger partial charge < -0.3 is 10.2 Å². The highest BCUT2D eigenvalue weighted by molar-refractivity contribution is 7.09. The zero-order chi connectivity index (χ0) is 17.3. The Morgan fingerprint density at radius 1 is 1.17 bits per heavy atom. The Morgan fingerprint density at radius 3 is 2.38 bits per heavy atom. The van der Waals surface area contributed by atoms with E-state index in [-0.39, 0.29) is 23.8 Å². The van der Waals surface area contributed by atoms with Gasteiger partial charge in [-0.15, -0.1) is 11.3 Å². The van der Waals surface area contributed by atoms with Gasteiger partial charge in [0.1, 0.15) is 0 Å². The predicted molar refractivity (Wildman–Crippen MR) is 94.8 cm³/mol. The summed E-state index contributed by atoms with van der Waals surface area (Å²) < 4.78 is 0. The molecular formula is C18H27N3O2S. The number of hydrogen-bond acceptors (Lipinski definition) is 4. The summed E-state index contributed by atoms with van der Waals surface area (Å²) in [5.74, 6) is 1.10. The lowest BCUT2D eigenvalue weighted by Crippen LogP contribution is -2.44. The number of piperidine rings is 1. The van der Waals surface area contributed by atoms with Crippen molar-refractivity contribution in [1.29, 1.82) is 0 Å². The second-order valence-electron chi connectivity index (χ2n) is 7.37. The zero-order valence-electron chi connectivity index (χ0n) is 14.7. The van der Waals surface area contributed by atoms with Gasteiger partial charge in [-0.3, -0.25) is 9.59 Å². The summed E-state index contributed by atoms with van der Waals surface area (Å²) in [6.45, 7) is 7.68. The molecule has 1 N–H and O–H groups in total. The molecular weight excluding hydrogens is 322 g/mol. The summed E-state index contributed by atoms with van der Waals surface area (Å²) in [5.41, 5.74) is 0.943. The van der Waals surface area contributed by atoms with Gasteiger partial charge in [-0.05, 0) is 32.6 Å². The van der Waals surface area contributed by atoms with E-state index in [0.29, 0.717) is 11.8 Å². The lowest BCUT2D eigenvalue weighted by atomic mass is 9.95. The molecule has 1 atom stereocenters. The van der Waals surface area contributed by atoms with E-state index in [1.807, 2.05) is 17.2 Å². The molecule has 24 heavy (non-hydrogen) atoms. The van der Waals surface area contributed by atoms with Crippen molar-refractivity contribution in [3.05, 3.63) is 16.1 Å². The molecule has 0 spiro atoms. The first-order valence-electron chi connectivity index (χ1n) is 9.00. The Morgan fingerprint density at radius 2 is 1.83 bits per heavy atom. The molecule has 2 fully saturated rings. The number of hydrogen-bond donors (Lipinski definition) is 1. The van der Waals surface area contributed by atoms with Crippen molar-refractivity contribution in [3.63, 3.8) is 0 Å². The van der Waals surface area contributed by atoms with Gasteiger partial charge in [-0.25, -0.2) is 4.98 Å². The molecule has 2 heterocycles. The predicted octanol–water partition coefficient (Wildman–Crippen LogP) is 3.09. The molecule has 6 heteroatoms. The van der Waals surface area contributed by atoms with Crippen LogP contribution in [-0.4, -0.2) is 34.8 Å². The standard InChI is InChI=1S/C18H27N3O2S/c1-11(2)17-20-15(10-24-17)12(3)19-16(22)13-6-8-21(9-7-13)18(23)14-4-5-14/h10-14H,4-9H2,1-3H3,(H,19,22)/t12-/m1/s1. The van der Waals surface area contributed by atoms with Gasteiger partial charge in [-0.2, -0.15) is 0 Å². The van der Waals surface area contributed by atoms with E-state index in [1.54, 1.807) is 11.3 Å². The monoisotopic (exact) mass is 349 g/mol. The van der Waals surface area contributed by atoms with Crippen molar-refractivity contribution in [2.75, 3.05) is 13.1 Å². The first kappa shape index (κ1) is 17.4. The maximum Gasteiger partial charge on any atom is 0.225 e. The van der Waals surface area contributed by atoms with E-state index in [2.05, 4.69) is 24.1 Å². The third-order valence-electron chi connectivity index (χ3n) is 4.94. The first-order chi connectivity index (χ1) is 11.5. The second kappa shape index (κ2) is 7.21. The Bertz CT molecular complexity index is 601. The van der Waals surface area contributed by atoms with Gasteiger partial charge in [0.2, 0.25) is 11.8 Å². The van der Waals surface area contributed by atoms with Crippen LogP contribution in [0.2, 0.25) is 0 Å². The molecule has 0 bridgehead atoms. The highest BCUT2D eigenvalue weighted by atomic mass is 32.1. The lowest BCUT2D eigenvalue weighted by Gasteiger charge is -2.32. The molecule has 132 valence electrons. The number of thiazole rings is 1. The summed E-state index contributed by atoms with van der Waals surface area (Å²) in [6, 6.07) is -0.0626. The van der Waals surface area contributed by atoms with Crippen molar-refractivity contribution < 1.29 is 9.59 Å². The number of likely N-dealkylation sites (tertiary alicyclic amines) is 1. The maximum absolute atomic E-state index is 12.5. The van der Waals surface area contributed by atoms with Crippen molar-refractivity contribution in [2.45, 2.75) is 58.4 Å². The molecule has 5 nitrogen and oxygen atoms in total. The van der Waals surface area contributed by atoms with E-state index in [4.69, 9.17) is 0 Å². The molecule has 1 aromatic heterocycles. The highest BCUT2D eigenvalue weighted by Crippen LogP contribution is 2.32. The minimum Gasteiger partial charge on any atom is -0.348 e. The van der Waals surface area contributed by atoms with Gasteiger partial charge in [0.15, 0.2) is 0 Å². The molecule has 0 aromatic carbocycles. The van der Waals surface area contributed by atoms with Crippen LogP contribution in [0.15, 0.2) is 5.38 Å². The summed E-state index contributed by atoms with van der Waals surface area (Å²) in [5, 5.41) is 6.25. The molecule has 2 aliphatic rings. The third kappa shape index (κ3) is 3.97. The van der Waals surface area contributed by atoms with Gasteiger partial charge in [0.05, 0.1) is 16.7 Å². The number of amides is 2. The molecule has 0 radical (unpaired) electrons. The van der Waals surface area contributed by atoms with E-state index >= 15 is 0 Å². The Labute approximate surface area is 147 Å². The quantitative estimate of drug-likeness (QED) is 0.888. The minimum absolute atomic E-state index is 0.0129. The Balaban J connectivity index is 1.48. The van der Waals surface area contributed by atoms with E-state index in [1.165, 1.54) is 0 Å². The van der Waals surface area contributed by atoms with Crippen molar-refractivity contribution in [2.24, 2.45) is 11.8 Å². The molecule has 1 aliphatic heterocycles. The van der Waals surface area contributed by atoms with Crippen LogP contribution in [0.5, 0.6) is 0 Å². The molecule has 2 amide bonds. The smallest absolute Gasteiger partial charge is 0.225 e. The van der Waals surface area contributed by atoms with Crippen LogP contribution in [0.1, 0.15) is 69.1 Å². The summed E-state index contributed by atoms with van der Waals surface area (Å²) in [4.78, 5) is 31.1. The van der Waals surface area contributed by atoms with Crippen LogP contribution in [0.3, 0.4) is 0 Å². The van der Waals surface area contributed by atoms with Crippen LogP contribution in [0.25, 0.3) is 0 Å². The summed E-state index contributed by atoms with van der Waals surface area (Å²) in [7, 11) is 0. The fourth-order valence-corrected chi connectivity index (χ4v) is 4.05. The van der Waals surface area contributed by atoms with E-state index < -0.39 is 0 Å². The van der Waals surface area contributed by atoms with Gasteiger partial charge >= 0.3 is 0 Å². The van der Waals surface area contributed by atoms with Crippen LogP contribution < -0.4 is 5.32 Å². The molecule has 1 aliphatic carbocycles. The third-order valence-corrected chi connectivity index (χ3v) is 6.10. The minimum atomic E-state index is -0.0626. The zero-order valence-corrected chi connectivity index (χ0v) is 15.6. The molecule has 3 rings (SSSR count). The van der Waals surface area contributed by atoms with Gasteiger partial charge in [0, 0.05) is 36.2 Å². The van der Waals surface area contributed by atoms with E-state index in [0.717, 1.165) is 49.5 Å². The van der Waals surface area contributed by atoms with Crippen LogP contribution >= 0.6 is 11.3 Å². The molecule has 1 saturated carbocycles. The molecule has 1 saturated heterocycles. The summed E-state index contributed by atoms with van der Waals surface area (Å²) in [6.07, 6.45) is 3.63. The normalized spacial score (nSPS) is 20.2. The lowest BCUT2D eigenvalue weighted by molar-refractivity contribution is -0.136. The Kier molecular flexibility index (Phi) is 5.23. The summed E-state index contributed by atoms with van der Waals surface area (Å²) >= 11 is 1.65. The highest BCUT2D eigenvalue weighted by Gasteiger charge is 2.36. The fraction of sp³-hybridized carbons (Fsp3) is 0.722. The van der Waals surface area contributed by atoms with Gasteiger partial charge in [0.25, 0.3) is 0 Å². The maximum atomic E-state index is 12.5. The number of aromatic nitrogens is 1. The largest absolute Gasteiger partial charge is 0.348 e. The number of carbonyl (C=O) groups excluding carboxylic acids is 2. The van der Waals surface area contributed by atoms with Crippen LogP contribution in [-0.2, 0) is 9.59 Å². The van der Waals surface area contributed by atoms with E-state index in [9.17, 15) is 9.59 Å². The Hall–Kier alpha value is -1.43. The second-order valence-corrected chi connectivity index (χ2v) is 8.26. The SMILES string of the molecule is CC(C)c1nc([C@@H](C)NC(=O)C2CCN(C(=O)C3CC3)CC2)cs1. The number of nitrogens with zero attached hydrogens (tertiary/aromatic N) is 2. The van der Waals surface area contributed by atoms with Gasteiger partial charge in [-0.1, -0.05) is 13.8 Å². The van der Waals surface area contributed by atoms with Crippen molar-refractivity contribution in [1.82, 2.24) is 15.2 Å². The fourth-order valence-electron chi connectivity index (χ4n) is 3.12. The van der Waals surface area contributed by atoms with Crippen LogP contribution in [0.4, 0.5) is 0 Å². The average molecular weight is 350 g/mol. The molecule has 1 aromatic rings. The van der Waals surface area contributed by atoms with Crippen LogP contribution in [0, 0.1) is 11.8 Å². The topological polar surface area (TPSA) is 62.3 Å². The number of nitrogens with one attached hydrogen (secondary N) is 1. The number of carbonyl (C=O) groups is 2. The first-order valence-corrected chi connectivity index (χ1v) is 9.88. The van der Waals surface area contributed by atoms with Crippen molar-refractivity contribution in [3.8, 4) is 0 Å². The molecule has 0 unspecified atom stereocenters. The number of rotatable bonds is 5. The average Bonchev–Trinajstić information content (AvgIpc) is 3.29. The van der Waals surface area contributed by atoms with Crippen molar-refractivity contribution >= 4 is 23.2 Å².